The summed E-state index contributed by atoms with van der Waals surface area (Å²) in [6.07, 6.45) is 11.5. The van der Waals surface area contributed by atoms with Crippen LogP contribution in [0.3, 0.4) is 0 Å². The molecule has 0 N–H and O–H groups in total. The van der Waals surface area contributed by atoms with E-state index >= 15 is 0 Å². The Kier molecular flexibility index (Phi) is 12.7. The molecule has 8 nitrogen and oxygen atoms in total. The molecule has 0 radical (unpaired) electrons. The summed E-state index contributed by atoms with van der Waals surface area (Å²) in [7, 11) is 3.48. The van der Waals surface area contributed by atoms with Crippen LogP contribution in [0.5, 0.6) is 0 Å². The van der Waals surface area contributed by atoms with E-state index in [0.717, 1.165) is 58.0 Å². The van der Waals surface area contributed by atoms with Gasteiger partial charge in [0, 0.05) is 33.7 Å². The van der Waals surface area contributed by atoms with Crippen molar-refractivity contribution in [2.24, 2.45) is 0 Å². The average molecular weight is 423 g/mol. The third kappa shape index (κ3) is 10.0. The highest BCUT2D eigenvalue weighted by atomic mass is 16.2. The average Bonchev–Trinajstić information content (AvgIpc) is 3.15. The Morgan fingerprint density at radius 2 is 1.60 bits per heavy atom. The summed E-state index contributed by atoms with van der Waals surface area (Å²) in [6, 6.07) is 0. The largest absolute Gasteiger partial charge is 0.348 e. The van der Waals surface area contributed by atoms with Gasteiger partial charge in [-0.05, 0) is 19.3 Å². The SMILES string of the molecule is CCCCN(CCCC)C(=O)CN(CCC[n+]1ccn(CC=O)c1)CC(=O)N(C)C. The number of likely N-dealkylation sites (N-methyl/N-ethyl adjacent to an activating group) is 1. The minimum absolute atomic E-state index is 0.00116. The van der Waals surface area contributed by atoms with Gasteiger partial charge < -0.3 is 9.80 Å². The molecule has 0 aromatic carbocycles. The van der Waals surface area contributed by atoms with Gasteiger partial charge in [0.05, 0.1) is 19.6 Å². The Morgan fingerprint density at radius 3 is 2.17 bits per heavy atom. The number of amides is 2. The highest BCUT2D eigenvalue weighted by Crippen LogP contribution is 2.03. The van der Waals surface area contributed by atoms with Gasteiger partial charge in [-0.25, -0.2) is 9.13 Å². The molecule has 0 aliphatic heterocycles. The number of aryl methyl sites for hydroxylation is 1. The van der Waals surface area contributed by atoms with Gasteiger partial charge in [-0.15, -0.1) is 0 Å². The molecule has 8 heteroatoms. The highest BCUT2D eigenvalue weighted by molar-refractivity contribution is 5.81. The van der Waals surface area contributed by atoms with Crippen LogP contribution in [-0.2, 0) is 27.5 Å². The first-order valence-corrected chi connectivity index (χ1v) is 11.1. The maximum atomic E-state index is 12.9. The van der Waals surface area contributed by atoms with Crippen molar-refractivity contribution in [2.45, 2.75) is 59.0 Å². The smallest absolute Gasteiger partial charge is 0.244 e. The molecule has 1 rings (SSSR count). The summed E-state index contributed by atoms with van der Waals surface area (Å²) in [5.74, 6) is 0.106. The molecule has 170 valence electrons. The van der Waals surface area contributed by atoms with Crippen LogP contribution in [0.25, 0.3) is 0 Å². The summed E-state index contributed by atoms with van der Waals surface area (Å²) in [4.78, 5) is 41.3. The molecule has 1 aromatic rings. The molecule has 0 unspecified atom stereocenters. The quantitative estimate of drug-likeness (QED) is 0.296. The Balaban J connectivity index is 2.68. The predicted molar refractivity (Wildman–Crippen MR) is 117 cm³/mol. The number of rotatable bonds is 16. The lowest BCUT2D eigenvalue weighted by atomic mass is 10.2. The number of hydrogen-bond donors (Lipinski definition) is 0. The van der Waals surface area contributed by atoms with Gasteiger partial charge in [0.15, 0.2) is 6.29 Å². The maximum absolute atomic E-state index is 12.9. The van der Waals surface area contributed by atoms with Gasteiger partial charge in [-0.3, -0.25) is 19.3 Å². The van der Waals surface area contributed by atoms with E-state index in [1.807, 2.05) is 37.7 Å². The van der Waals surface area contributed by atoms with Crippen molar-refractivity contribution in [3.8, 4) is 0 Å². The lowest BCUT2D eigenvalue weighted by Crippen LogP contribution is -2.45. The Morgan fingerprint density at radius 1 is 0.967 bits per heavy atom. The van der Waals surface area contributed by atoms with Crippen LogP contribution in [0.2, 0.25) is 0 Å². The number of imidazole rings is 1. The van der Waals surface area contributed by atoms with Crippen LogP contribution in [-0.4, -0.2) is 84.2 Å². The second kappa shape index (κ2) is 14.7. The minimum atomic E-state index is 0.00116. The summed E-state index contributed by atoms with van der Waals surface area (Å²) in [6.45, 7) is 8.10. The Hall–Kier alpha value is -2.22. The topological polar surface area (TPSA) is 69.7 Å². The van der Waals surface area contributed by atoms with Crippen molar-refractivity contribution >= 4 is 18.1 Å². The number of aldehydes is 1. The third-order valence-corrected chi connectivity index (χ3v) is 5.05. The molecule has 0 spiro atoms. The second-order valence-corrected chi connectivity index (χ2v) is 7.96. The number of nitrogens with zero attached hydrogens (tertiary/aromatic N) is 5. The van der Waals surface area contributed by atoms with Crippen molar-refractivity contribution < 1.29 is 19.0 Å². The standard InChI is InChI=1S/C22H40N5O3/c1-5-7-12-27(13-8-6-2)22(30)19-26(18-21(29)23(3)4)11-9-10-24-14-15-25(20-24)16-17-28/h14-15,17,20H,5-13,16,18-19H2,1-4H3/q+1. The lowest BCUT2D eigenvalue weighted by Gasteiger charge is -2.28. The molecule has 0 atom stereocenters. The highest BCUT2D eigenvalue weighted by Gasteiger charge is 2.20. The fraction of sp³-hybridized carbons (Fsp3) is 0.727. The second-order valence-electron chi connectivity index (χ2n) is 7.96. The van der Waals surface area contributed by atoms with Gasteiger partial charge in [-0.1, -0.05) is 26.7 Å². The first kappa shape index (κ1) is 25.8. The normalized spacial score (nSPS) is 11.0. The van der Waals surface area contributed by atoms with Gasteiger partial charge in [-0.2, -0.15) is 0 Å². The van der Waals surface area contributed by atoms with E-state index in [1.165, 1.54) is 0 Å². The fourth-order valence-corrected chi connectivity index (χ4v) is 3.14. The molecule has 0 saturated heterocycles. The van der Waals surface area contributed by atoms with E-state index in [1.54, 1.807) is 19.0 Å². The first-order chi connectivity index (χ1) is 14.4. The molecular weight excluding hydrogens is 382 g/mol. The molecule has 0 aliphatic rings. The van der Waals surface area contributed by atoms with Gasteiger partial charge in [0.25, 0.3) is 0 Å². The molecule has 1 aromatic heterocycles. The van der Waals surface area contributed by atoms with Gasteiger partial charge >= 0.3 is 0 Å². The zero-order valence-electron chi connectivity index (χ0n) is 19.3. The van der Waals surface area contributed by atoms with E-state index in [-0.39, 0.29) is 24.9 Å². The molecule has 0 bridgehead atoms. The fourth-order valence-electron chi connectivity index (χ4n) is 3.14. The molecule has 0 aliphatic carbocycles. The predicted octanol–water partition coefficient (Wildman–Crippen LogP) is 1.18. The van der Waals surface area contributed by atoms with E-state index in [9.17, 15) is 14.4 Å². The van der Waals surface area contributed by atoms with E-state index in [4.69, 9.17) is 0 Å². The van der Waals surface area contributed by atoms with Crippen LogP contribution >= 0.6 is 0 Å². The van der Waals surface area contributed by atoms with Crippen LogP contribution in [0.1, 0.15) is 46.0 Å². The Bertz CT molecular complexity index is 636. The monoisotopic (exact) mass is 422 g/mol. The third-order valence-electron chi connectivity index (χ3n) is 5.05. The van der Waals surface area contributed by atoms with Crippen LogP contribution < -0.4 is 4.57 Å². The lowest BCUT2D eigenvalue weighted by molar-refractivity contribution is -0.696. The number of hydrogen-bond acceptors (Lipinski definition) is 4. The van der Waals surface area contributed by atoms with Crippen molar-refractivity contribution in [3.05, 3.63) is 18.7 Å². The van der Waals surface area contributed by atoms with Gasteiger partial charge in [0.2, 0.25) is 18.1 Å². The summed E-state index contributed by atoms with van der Waals surface area (Å²) in [5, 5.41) is 0. The first-order valence-electron chi connectivity index (χ1n) is 11.1. The number of aromatic nitrogens is 2. The molecule has 0 fully saturated rings. The Labute approximate surface area is 181 Å². The zero-order chi connectivity index (χ0) is 22.4. The van der Waals surface area contributed by atoms with Crippen molar-refractivity contribution in [2.75, 3.05) is 46.8 Å². The van der Waals surface area contributed by atoms with E-state index in [2.05, 4.69) is 13.8 Å². The maximum Gasteiger partial charge on any atom is 0.244 e. The summed E-state index contributed by atoms with van der Waals surface area (Å²) >= 11 is 0. The number of unbranched alkanes of at least 4 members (excludes halogenated alkanes) is 2. The molecular formula is C22H40N5O3+. The number of carbonyl (C=O) groups is 3. The summed E-state index contributed by atoms with van der Waals surface area (Å²) < 4.78 is 3.84. The molecule has 0 saturated carbocycles. The zero-order valence-corrected chi connectivity index (χ0v) is 19.3. The van der Waals surface area contributed by atoms with Crippen molar-refractivity contribution in [3.63, 3.8) is 0 Å². The van der Waals surface area contributed by atoms with Crippen molar-refractivity contribution in [1.82, 2.24) is 19.3 Å². The van der Waals surface area contributed by atoms with Crippen molar-refractivity contribution in [1.29, 1.82) is 0 Å². The van der Waals surface area contributed by atoms with Crippen LogP contribution in [0, 0.1) is 0 Å². The molecule has 2 amide bonds. The van der Waals surface area contributed by atoms with E-state index in [0.29, 0.717) is 13.1 Å². The molecule has 30 heavy (non-hydrogen) atoms. The van der Waals surface area contributed by atoms with Gasteiger partial charge in [0.1, 0.15) is 18.9 Å². The van der Waals surface area contributed by atoms with Crippen LogP contribution in [0.15, 0.2) is 18.7 Å². The van der Waals surface area contributed by atoms with E-state index < -0.39 is 0 Å². The summed E-state index contributed by atoms with van der Waals surface area (Å²) in [5.41, 5.74) is 0. The minimum Gasteiger partial charge on any atom is -0.348 e. The molecule has 1 heterocycles. The number of carbonyl (C=O) groups excluding carboxylic acids is 3. The van der Waals surface area contributed by atoms with Crippen LogP contribution in [0.4, 0.5) is 0 Å².